The molecule has 0 spiro atoms. The average Bonchev–Trinajstić information content (AvgIpc) is 2.70. The van der Waals surface area contributed by atoms with Crippen LogP contribution in [0.25, 0.3) is 0 Å². The lowest BCUT2D eigenvalue weighted by Gasteiger charge is -2.23. The summed E-state index contributed by atoms with van der Waals surface area (Å²) in [4.78, 5) is 11.2. The molecule has 0 radical (unpaired) electrons. The second-order valence-corrected chi connectivity index (χ2v) is 3.49. The minimum absolute atomic E-state index is 0.230. The van der Waals surface area contributed by atoms with Crippen molar-refractivity contribution in [2.75, 3.05) is 13.7 Å². The first-order chi connectivity index (χ1) is 6.62. The van der Waals surface area contributed by atoms with Crippen molar-refractivity contribution in [1.29, 1.82) is 0 Å². The van der Waals surface area contributed by atoms with E-state index in [2.05, 4.69) is 4.74 Å². The molecule has 1 unspecified atom stereocenters. The van der Waals surface area contributed by atoms with Gasteiger partial charge in [-0.1, -0.05) is 6.92 Å². The number of methoxy groups -OCH3 is 1. The summed E-state index contributed by atoms with van der Waals surface area (Å²) < 4.78 is 9.86. The fraction of sp³-hybridized carbons (Fsp3) is 0.500. The molecule has 0 saturated heterocycles. The van der Waals surface area contributed by atoms with Crippen LogP contribution in [0, 0.1) is 0 Å². The number of carbonyl (C=O) groups excluding carboxylic acids is 1. The molecule has 0 aliphatic rings. The van der Waals surface area contributed by atoms with E-state index in [1.54, 1.807) is 12.3 Å². The van der Waals surface area contributed by atoms with Crippen LogP contribution >= 0.6 is 0 Å². The van der Waals surface area contributed by atoms with Crippen LogP contribution in [0.1, 0.15) is 19.1 Å². The largest absolute Gasteiger partial charge is 0.469 e. The summed E-state index contributed by atoms with van der Waals surface area (Å²) in [6, 6.07) is 3.59. The van der Waals surface area contributed by atoms with Gasteiger partial charge in [-0.25, -0.2) is 0 Å². The summed E-state index contributed by atoms with van der Waals surface area (Å²) in [5, 5.41) is 0. The molecule has 4 nitrogen and oxygen atoms in total. The molecule has 1 rings (SSSR count). The molecule has 0 bridgehead atoms. The first kappa shape index (κ1) is 10.8. The van der Waals surface area contributed by atoms with Crippen LogP contribution in [-0.2, 0) is 14.9 Å². The van der Waals surface area contributed by atoms with E-state index in [-0.39, 0.29) is 12.4 Å². The van der Waals surface area contributed by atoms with E-state index in [1.807, 2.05) is 13.0 Å². The van der Waals surface area contributed by atoms with Gasteiger partial charge in [-0.3, -0.25) is 4.79 Å². The number of furan rings is 1. The van der Waals surface area contributed by atoms with Gasteiger partial charge in [0.2, 0.25) is 0 Å². The maximum atomic E-state index is 11.2. The number of hydrogen-bond donors (Lipinski definition) is 1. The van der Waals surface area contributed by atoms with Gasteiger partial charge in [-0.15, -0.1) is 0 Å². The lowest BCUT2D eigenvalue weighted by Crippen LogP contribution is -2.34. The maximum Gasteiger partial charge on any atom is 0.306 e. The van der Waals surface area contributed by atoms with Crippen molar-refractivity contribution in [1.82, 2.24) is 0 Å². The molecule has 0 saturated carbocycles. The molecule has 0 fully saturated rings. The number of carbonyl (C=O) groups is 1. The van der Waals surface area contributed by atoms with Gasteiger partial charge in [0.25, 0.3) is 0 Å². The average molecular weight is 197 g/mol. The molecule has 78 valence electrons. The van der Waals surface area contributed by atoms with Crippen molar-refractivity contribution in [3.05, 3.63) is 24.2 Å². The number of ether oxygens (including phenoxy) is 1. The molecule has 2 N–H and O–H groups in total. The number of rotatable bonds is 4. The zero-order valence-electron chi connectivity index (χ0n) is 8.45. The maximum absolute atomic E-state index is 11.2. The molecule has 1 heterocycles. The van der Waals surface area contributed by atoms with Crippen LogP contribution in [0.15, 0.2) is 22.8 Å². The first-order valence-electron chi connectivity index (χ1n) is 4.43. The van der Waals surface area contributed by atoms with Gasteiger partial charge in [0.05, 0.1) is 19.8 Å². The quantitative estimate of drug-likeness (QED) is 0.733. The van der Waals surface area contributed by atoms with Gasteiger partial charge < -0.3 is 14.9 Å². The van der Waals surface area contributed by atoms with Crippen molar-refractivity contribution in [2.45, 2.75) is 18.8 Å². The summed E-state index contributed by atoms with van der Waals surface area (Å²) in [6.07, 6.45) is 1.80. The third-order valence-electron chi connectivity index (χ3n) is 2.33. The van der Waals surface area contributed by atoms with Gasteiger partial charge >= 0.3 is 5.97 Å². The number of hydrogen-bond acceptors (Lipinski definition) is 4. The molecule has 0 aliphatic heterocycles. The predicted octanol–water partition coefficient (Wildman–Crippen LogP) is 1.06. The summed E-state index contributed by atoms with van der Waals surface area (Å²) in [6.45, 7) is 2.22. The van der Waals surface area contributed by atoms with Gasteiger partial charge in [0, 0.05) is 12.0 Å². The lowest BCUT2D eigenvalue weighted by molar-refractivity contribution is -0.142. The lowest BCUT2D eigenvalue weighted by atomic mass is 9.84. The molecular formula is C10H15NO3. The minimum atomic E-state index is -0.476. The van der Waals surface area contributed by atoms with Crippen molar-refractivity contribution < 1.29 is 13.9 Å². The van der Waals surface area contributed by atoms with E-state index in [1.165, 1.54) is 7.11 Å². The Kier molecular flexibility index (Phi) is 3.30. The molecule has 0 amide bonds. The highest BCUT2D eigenvalue weighted by Gasteiger charge is 2.31. The normalized spacial score (nSPS) is 14.8. The number of nitrogens with two attached hydrogens (primary N) is 1. The Hall–Kier alpha value is -1.29. The van der Waals surface area contributed by atoms with Crippen LogP contribution in [-0.4, -0.2) is 19.6 Å². The van der Waals surface area contributed by atoms with E-state index in [9.17, 15) is 4.79 Å². The molecule has 4 heteroatoms. The van der Waals surface area contributed by atoms with E-state index in [0.717, 1.165) is 0 Å². The Morgan fingerprint density at radius 2 is 2.43 bits per heavy atom. The second kappa shape index (κ2) is 4.28. The SMILES string of the molecule is COC(=O)CC(C)(CN)c1ccco1. The predicted molar refractivity (Wildman–Crippen MR) is 51.7 cm³/mol. The number of esters is 1. The highest BCUT2D eigenvalue weighted by Crippen LogP contribution is 2.27. The molecular weight excluding hydrogens is 182 g/mol. The van der Waals surface area contributed by atoms with Crippen molar-refractivity contribution >= 4 is 5.97 Å². The summed E-state index contributed by atoms with van der Waals surface area (Å²) in [5.74, 6) is 0.430. The second-order valence-electron chi connectivity index (χ2n) is 3.49. The van der Waals surface area contributed by atoms with E-state index < -0.39 is 5.41 Å². The highest BCUT2D eigenvalue weighted by atomic mass is 16.5. The Morgan fingerprint density at radius 1 is 1.71 bits per heavy atom. The Bertz CT molecular complexity index is 294. The minimum Gasteiger partial charge on any atom is -0.469 e. The molecule has 0 aliphatic carbocycles. The van der Waals surface area contributed by atoms with Crippen LogP contribution in [0.5, 0.6) is 0 Å². The van der Waals surface area contributed by atoms with Gasteiger partial charge in [0.15, 0.2) is 0 Å². The summed E-state index contributed by atoms with van der Waals surface area (Å²) in [5.41, 5.74) is 5.16. The molecule has 0 aromatic carbocycles. The fourth-order valence-electron chi connectivity index (χ4n) is 1.27. The van der Waals surface area contributed by atoms with Crippen molar-refractivity contribution in [3.8, 4) is 0 Å². The third kappa shape index (κ3) is 2.14. The van der Waals surface area contributed by atoms with Gasteiger partial charge in [0.1, 0.15) is 5.76 Å². The highest BCUT2D eigenvalue weighted by molar-refractivity contribution is 5.71. The zero-order valence-corrected chi connectivity index (χ0v) is 8.45. The first-order valence-corrected chi connectivity index (χ1v) is 4.43. The van der Waals surface area contributed by atoms with Crippen LogP contribution < -0.4 is 5.73 Å². The Morgan fingerprint density at radius 3 is 2.86 bits per heavy atom. The van der Waals surface area contributed by atoms with Crippen LogP contribution in [0.4, 0.5) is 0 Å². The topological polar surface area (TPSA) is 65.5 Å². The smallest absolute Gasteiger partial charge is 0.306 e. The molecule has 14 heavy (non-hydrogen) atoms. The summed E-state index contributed by atoms with van der Waals surface area (Å²) in [7, 11) is 1.36. The van der Waals surface area contributed by atoms with Crippen LogP contribution in [0.3, 0.4) is 0 Å². The fourth-order valence-corrected chi connectivity index (χ4v) is 1.27. The molecule has 1 atom stereocenters. The Balaban J connectivity index is 2.82. The van der Waals surface area contributed by atoms with Crippen molar-refractivity contribution in [3.63, 3.8) is 0 Å². The Labute approximate surface area is 83.0 Å². The molecule has 1 aromatic heterocycles. The van der Waals surface area contributed by atoms with Crippen LogP contribution in [0.2, 0.25) is 0 Å². The van der Waals surface area contributed by atoms with Crippen molar-refractivity contribution in [2.24, 2.45) is 5.73 Å². The molecule has 1 aromatic rings. The van der Waals surface area contributed by atoms with E-state index in [4.69, 9.17) is 10.2 Å². The third-order valence-corrected chi connectivity index (χ3v) is 2.33. The van der Waals surface area contributed by atoms with Gasteiger partial charge in [-0.2, -0.15) is 0 Å². The van der Waals surface area contributed by atoms with E-state index in [0.29, 0.717) is 12.3 Å². The monoisotopic (exact) mass is 197 g/mol. The van der Waals surface area contributed by atoms with E-state index >= 15 is 0 Å². The van der Waals surface area contributed by atoms with Gasteiger partial charge in [-0.05, 0) is 12.1 Å². The zero-order chi connectivity index (χ0) is 10.6. The standard InChI is InChI=1S/C10H15NO3/c1-10(7-11,6-9(12)13-2)8-4-3-5-14-8/h3-5H,6-7,11H2,1-2H3. The summed E-state index contributed by atoms with van der Waals surface area (Å²) >= 11 is 0.